The van der Waals surface area contributed by atoms with E-state index in [9.17, 15) is 5.11 Å². The number of hydrogen-bond acceptors (Lipinski definition) is 4. The standard InChI is InChI=1S/C14H15Cl2N3OS/c1-13(20,14(16)6-7-14)11(19-12(21)17-8-18-19)9-4-2-3-5-10(9)15/h2-5,8,11,20H,6-7H2,1H3,(H,17,18,21). The molecule has 21 heavy (non-hydrogen) atoms. The fourth-order valence-electron chi connectivity index (χ4n) is 2.66. The normalized spacial score (nSPS) is 20.8. The van der Waals surface area contributed by atoms with Crippen LogP contribution in [0.5, 0.6) is 0 Å². The summed E-state index contributed by atoms with van der Waals surface area (Å²) in [6.07, 6.45) is 2.90. The molecule has 1 saturated carbocycles. The average molecular weight is 344 g/mol. The molecule has 4 nitrogen and oxygen atoms in total. The van der Waals surface area contributed by atoms with E-state index >= 15 is 0 Å². The van der Waals surface area contributed by atoms with Crippen molar-refractivity contribution < 1.29 is 5.11 Å². The Kier molecular flexibility index (Phi) is 3.72. The molecule has 1 N–H and O–H groups in total. The number of alkyl halides is 1. The van der Waals surface area contributed by atoms with Gasteiger partial charge in [-0.25, -0.2) is 9.67 Å². The third-order valence-corrected chi connectivity index (χ3v) is 5.55. The van der Waals surface area contributed by atoms with E-state index in [2.05, 4.69) is 22.7 Å². The van der Waals surface area contributed by atoms with Crippen LogP contribution >= 0.6 is 35.8 Å². The summed E-state index contributed by atoms with van der Waals surface area (Å²) >= 11 is 17.2. The van der Waals surface area contributed by atoms with Gasteiger partial charge in [-0.3, -0.25) is 0 Å². The first-order valence-electron chi connectivity index (χ1n) is 6.61. The highest BCUT2D eigenvalue weighted by molar-refractivity contribution is 7.80. The number of halogens is 2. The summed E-state index contributed by atoms with van der Waals surface area (Å²) in [5, 5.41) is 16.3. The summed E-state index contributed by atoms with van der Waals surface area (Å²) in [5.41, 5.74) is -0.484. The van der Waals surface area contributed by atoms with E-state index in [-0.39, 0.29) is 0 Å². The average Bonchev–Trinajstić information content (AvgIpc) is 3.06. The monoisotopic (exact) mass is 343 g/mol. The lowest BCUT2D eigenvalue weighted by molar-refractivity contribution is 0.00141. The smallest absolute Gasteiger partial charge is 0.183 e. The molecule has 2 unspecified atom stereocenters. The highest BCUT2D eigenvalue weighted by Crippen LogP contribution is 2.56. The van der Waals surface area contributed by atoms with Crippen LogP contribution in [0, 0.1) is 0 Å². The maximum Gasteiger partial charge on any atom is 0.183 e. The molecule has 0 spiro atoms. The van der Waals surface area contributed by atoms with Gasteiger partial charge in [-0.05, 0) is 31.4 Å². The largest absolute Gasteiger partial charge is 0.386 e. The lowest BCUT2D eigenvalue weighted by Gasteiger charge is -2.37. The second-order valence-electron chi connectivity index (χ2n) is 5.54. The predicted octanol–water partition coefficient (Wildman–Crippen LogP) is 3.33. The van der Waals surface area contributed by atoms with E-state index in [0.29, 0.717) is 10.2 Å². The minimum atomic E-state index is -1.23. The Morgan fingerprint density at radius 2 is 2.10 bits per heavy atom. The minimum absolute atomic E-state index is 0.404. The summed E-state index contributed by atoms with van der Waals surface area (Å²) in [5.74, 6) is 0. The number of hydrogen-bond donors (Lipinski definition) is 2. The maximum absolute atomic E-state index is 11.1. The zero-order valence-corrected chi connectivity index (χ0v) is 13.8. The first-order chi connectivity index (χ1) is 9.87. The van der Waals surface area contributed by atoms with Crippen molar-refractivity contribution >= 4 is 35.8 Å². The minimum Gasteiger partial charge on any atom is -0.386 e. The molecular formula is C14H15Cl2N3OS. The molecule has 0 amide bonds. The van der Waals surface area contributed by atoms with Crippen molar-refractivity contribution in [3.63, 3.8) is 0 Å². The molecule has 7 heteroatoms. The zero-order chi connectivity index (χ0) is 15.3. The van der Waals surface area contributed by atoms with Crippen LogP contribution in [-0.2, 0) is 0 Å². The van der Waals surface area contributed by atoms with Crippen LogP contribution in [-0.4, -0.2) is 30.3 Å². The molecule has 1 fully saturated rings. The van der Waals surface area contributed by atoms with Crippen molar-refractivity contribution in [1.29, 1.82) is 0 Å². The molecule has 0 saturated heterocycles. The van der Waals surface area contributed by atoms with E-state index in [4.69, 9.17) is 23.2 Å². The van der Waals surface area contributed by atoms with E-state index in [1.165, 1.54) is 6.33 Å². The molecular weight excluding hydrogens is 329 g/mol. The summed E-state index contributed by atoms with van der Waals surface area (Å²) < 4.78 is 1.56. The first-order valence-corrected chi connectivity index (χ1v) is 7.81. The van der Waals surface area contributed by atoms with Gasteiger partial charge in [0.25, 0.3) is 0 Å². The van der Waals surface area contributed by atoms with Gasteiger partial charge >= 0.3 is 0 Å². The van der Waals surface area contributed by atoms with E-state index in [1.54, 1.807) is 17.7 Å². The number of rotatable bonds is 4. The van der Waals surface area contributed by atoms with Gasteiger partial charge in [0.05, 0.1) is 4.87 Å². The van der Waals surface area contributed by atoms with Crippen LogP contribution in [0.1, 0.15) is 31.4 Å². The Hall–Kier alpha value is -0.750. The molecule has 1 aliphatic carbocycles. The molecule has 1 aromatic carbocycles. The Balaban J connectivity index is 2.17. The molecule has 1 aromatic heterocycles. The van der Waals surface area contributed by atoms with Crippen LogP contribution in [0.25, 0.3) is 0 Å². The molecule has 0 bridgehead atoms. The Morgan fingerprint density at radius 3 is 2.62 bits per heavy atom. The summed E-state index contributed by atoms with van der Waals surface area (Å²) in [6, 6.07) is 6.80. The number of aliphatic hydroxyl groups is 1. The molecule has 2 aromatic rings. The van der Waals surface area contributed by atoms with Gasteiger partial charge in [0.1, 0.15) is 18.0 Å². The molecule has 1 heterocycles. The van der Waals surface area contributed by atoms with E-state index in [1.807, 2.05) is 18.2 Å². The third kappa shape index (κ3) is 2.46. The molecule has 112 valence electrons. The molecule has 0 aliphatic heterocycles. The number of nitrogens with zero attached hydrogens (tertiary/aromatic N) is 3. The highest BCUT2D eigenvalue weighted by Gasteiger charge is 2.60. The van der Waals surface area contributed by atoms with Crippen LogP contribution in [0.2, 0.25) is 5.02 Å². The van der Waals surface area contributed by atoms with Gasteiger partial charge in [0, 0.05) is 5.02 Å². The fourth-order valence-corrected chi connectivity index (χ4v) is 3.31. The van der Waals surface area contributed by atoms with Crippen LogP contribution in [0.3, 0.4) is 0 Å². The van der Waals surface area contributed by atoms with Crippen molar-refractivity contribution in [3.05, 3.63) is 41.2 Å². The van der Waals surface area contributed by atoms with Crippen molar-refractivity contribution in [2.24, 2.45) is 0 Å². The lowest BCUT2D eigenvalue weighted by atomic mass is 9.85. The summed E-state index contributed by atoms with van der Waals surface area (Å²) in [7, 11) is 0. The van der Waals surface area contributed by atoms with Gasteiger partial charge in [-0.15, -0.1) is 24.2 Å². The number of aromatic nitrogens is 3. The molecule has 1 aliphatic rings. The van der Waals surface area contributed by atoms with Gasteiger partial charge in [0.2, 0.25) is 0 Å². The Morgan fingerprint density at radius 1 is 1.43 bits per heavy atom. The topological polar surface area (TPSA) is 50.9 Å². The van der Waals surface area contributed by atoms with Crippen LogP contribution in [0.15, 0.2) is 35.7 Å². The quantitative estimate of drug-likeness (QED) is 0.661. The zero-order valence-electron chi connectivity index (χ0n) is 11.4. The van der Waals surface area contributed by atoms with Gasteiger partial charge in [0.15, 0.2) is 5.16 Å². The van der Waals surface area contributed by atoms with Crippen molar-refractivity contribution in [2.45, 2.75) is 41.4 Å². The van der Waals surface area contributed by atoms with Crippen LogP contribution in [0.4, 0.5) is 0 Å². The highest BCUT2D eigenvalue weighted by atomic mass is 35.5. The first kappa shape index (κ1) is 15.2. The Labute approximate surface area is 138 Å². The summed E-state index contributed by atoms with van der Waals surface area (Å²) in [6.45, 7) is 1.72. The predicted molar refractivity (Wildman–Crippen MR) is 85.3 cm³/mol. The van der Waals surface area contributed by atoms with E-state index in [0.717, 1.165) is 18.4 Å². The maximum atomic E-state index is 11.1. The second-order valence-corrected chi connectivity index (χ2v) is 7.07. The van der Waals surface area contributed by atoms with Crippen molar-refractivity contribution in [1.82, 2.24) is 14.8 Å². The second kappa shape index (κ2) is 5.16. The SMILES string of the molecule is CC(O)(C(c1ccccc1Cl)n1ncnc1S)C1(Cl)CC1. The van der Waals surface area contributed by atoms with Crippen molar-refractivity contribution in [2.75, 3.05) is 0 Å². The van der Waals surface area contributed by atoms with Gasteiger partial charge < -0.3 is 5.11 Å². The summed E-state index contributed by atoms with van der Waals surface area (Å²) in [4.78, 5) is 3.35. The fraction of sp³-hybridized carbons (Fsp3) is 0.429. The van der Waals surface area contributed by atoms with Gasteiger partial charge in [-0.1, -0.05) is 29.8 Å². The molecule has 0 radical (unpaired) electrons. The lowest BCUT2D eigenvalue weighted by Crippen LogP contribution is -2.47. The Bertz CT molecular complexity index is 670. The van der Waals surface area contributed by atoms with Crippen LogP contribution < -0.4 is 0 Å². The van der Waals surface area contributed by atoms with E-state index < -0.39 is 16.5 Å². The van der Waals surface area contributed by atoms with Crippen molar-refractivity contribution in [3.8, 4) is 0 Å². The molecule has 3 rings (SSSR count). The third-order valence-electron chi connectivity index (χ3n) is 4.13. The molecule has 2 atom stereocenters. The van der Waals surface area contributed by atoms with Gasteiger partial charge in [-0.2, -0.15) is 5.10 Å². The number of benzene rings is 1. The number of thiol groups is 1.